The van der Waals surface area contributed by atoms with Crippen LogP contribution in [-0.4, -0.2) is 42.0 Å². The van der Waals surface area contributed by atoms with Crippen molar-refractivity contribution in [2.75, 3.05) is 11.9 Å². The molecule has 2 atom stereocenters. The van der Waals surface area contributed by atoms with Crippen molar-refractivity contribution in [3.8, 4) is 0 Å². The predicted molar refractivity (Wildman–Crippen MR) is 114 cm³/mol. The molecule has 2 aromatic carbocycles. The van der Waals surface area contributed by atoms with Crippen molar-refractivity contribution in [3.05, 3.63) is 58.4 Å². The number of carbonyl (C=O) groups is 1. The summed E-state index contributed by atoms with van der Waals surface area (Å²) < 4.78 is 66.8. The molecule has 0 saturated heterocycles. The van der Waals surface area contributed by atoms with Gasteiger partial charge < -0.3 is 15.5 Å². The fraction of sp³-hybridized carbons (Fsp3) is 0.409. The number of sulfone groups is 1. The number of amides is 1. The minimum absolute atomic E-state index is 0.0965. The highest BCUT2D eigenvalue weighted by atomic mass is 35.5. The van der Waals surface area contributed by atoms with Gasteiger partial charge >= 0.3 is 0 Å². The van der Waals surface area contributed by atoms with Gasteiger partial charge in [0.2, 0.25) is 0 Å². The maximum Gasteiger partial charge on any atom is 0.255 e. The molecule has 1 amide bonds. The van der Waals surface area contributed by atoms with Gasteiger partial charge in [-0.15, -0.1) is 0 Å². The molecule has 33 heavy (non-hydrogen) atoms. The Morgan fingerprint density at radius 1 is 1.09 bits per heavy atom. The Bertz CT molecular complexity index is 1190. The molecule has 0 heterocycles. The number of nitrogens with one attached hydrogen (secondary N) is 1. The number of fused-ring (bicyclic) bond motifs is 2. The van der Waals surface area contributed by atoms with E-state index in [0.29, 0.717) is 25.0 Å². The third-order valence-corrected chi connectivity index (χ3v) is 9.46. The molecule has 0 aromatic heterocycles. The number of anilines is 1. The van der Waals surface area contributed by atoms with Crippen LogP contribution in [-0.2, 0) is 9.84 Å². The van der Waals surface area contributed by atoms with E-state index in [4.69, 9.17) is 11.6 Å². The molecule has 2 aliphatic rings. The first kappa shape index (κ1) is 24.0. The summed E-state index contributed by atoms with van der Waals surface area (Å²) in [7, 11) is -4.00. The second kappa shape index (κ2) is 8.57. The maximum atomic E-state index is 13.4. The molecule has 0 aliphatic heterocycles. The van der Waals surface area contributed by atoms with Gasteiger partial charge in [-0.25, -0.2) is 21.6 Å². The number of rotatable bonds is 5. The van der Waals surface area contributed by atoms with E-state index in [9.17, 15) is 36.6 Å². The second-order valence-electron chi connectivity index (χ2n) is 8.61. The molecule has 2 aliphatic carbocycles. The summed E-state index contributed by atoms with van der Waals surface area (Å²) in [6.07, 6.45) is 1.51. The SMILES string of the molecule is O=C(Nc1cc(F)c(F)c(F)c1)c1ccc(Cl)c(S(=O)(=O)[C@H]2CC3CCC(C2)[C@@]3(O)CO)c1. The molecular weight excluding hydrogens is 483 g/mol. The van der Waals surface area contributed by atoms with E-state index in [2.05, 4.69) is 5.32 Å². The van der Waals surface area contributed by atoms with Crippen LogP contribution < -0.4 is 5.32 Å². The van der Waals surface area contributed by atoms with Crippen LogP contribution in [0.3, 0.4) is 0 Å². The standard InChI is InChI=1S/C22H21ClF3NO5S/c23-16-4-1-11(21(29)27-14-8-17(24)20(26)18(25)9-14)5-19(16)33(31,32)15-6-12-2-3-13(7-15)22(12,30)10-28/h1,4-5,8-9,12-13,15,28,30H,2-3,6-7,10H2,(H,27,29)/t12?,13?,15-,22+. The van der Waals surface area contributed by atoms with Crippen LogP contribution >= 0.6 is 11.6 Å². The van der Waals surface area contributed by atoms with E-state index in [1.165, 1.54) is 12.1 Å². The number of carbonyl (C=O) groups excluding carboxylic acids is 1. The summed E-state index contributed by atoms with van der Waals surface area (Å²) in [5, 5.41) is 21.6. The van der Waals surface area contributed by atoms with Crippen molar-refractivity contribution in [2.45, 2.75) is 41.4 Å². The van der Waals surface area contributed by atoms with Crippen LogP contribution in [0.15, 0.2) is 35.2 Å². The Kier molecular flexibility index (Phi) is 6.24. The predicted octanol–water partition coefficient (Wildman–Crippen LogP) is 3.70. The van der Waals surface area contributed by atoms with E-state index >= 15 is 0 Å². The average molecular weight is 504 g/mol. The van der Waals surface area contributed by atoms with Gasteiger partial charge in [-0.3, -0.25) is 4.79 Å². The Balaban J connectivity index is 1.60. The quantitative estimate of drug-likeness (QED) is 0.540. The largest absolute Gasteiger partial charge is 0.393 e. The normalized spacial score (nSPS) is 26.9. The lowest BCUT2D eigenvalue weighted by atomic mass is 9.75. The van der Waals surface area contributed by atoms with Crippen molar-refractivity contribution in [3.63, 3.8) is 0 Å². The molecule has 2 fully saturated rings. The fourth-order valence-electron chi connectivity index (χ4n) is 5.00. The van der Waals surface area contributed by atoms with Gasteiger partial charge in [0, 0.05) is 23.4 Å². The summed E-state index contributed by atoms with van der Waals surface area (Å²) in [5.74, 6) is -6.25. The highest BCUT2D eigenvalue weighted by Crippen LogP contribution is 2.51. The first-order valence-corrected chi connectivity index (χ1v) is 12.2. The molecule has 0 spiro atoms. The first-order chi connectivity index (χ1) is 15.5. The van der Waals surface area contributed by atoms with Crippen LogP contribution in [0.1, 0.15) is 36.0 Å². The molecular formula is C22H21ClF3NO5S. The maximum absolute atomic E-state index is 13.4. The van der Waals surface area contributed by atoms with E-state index < -0.39 is 50.7 Å². The van der Waals surface area contributed by atoms with Gasteiger partial charge in [-0.1, -0.05) is 11.6 Å². The van der Waals surface area contributed by atoms with E-state index in [0.717, 1.165) is 6.07 Å². The lowest BCUT2D eigenvalue weighted by molar-refractivity contribution is -0.0943. The molecule has 6 nitrogen and oxygen atoms in total. The summed E-state index contributed by atoms with van der Waals surface area (Å²) in [6.45, 7) is -0.434. The molecule has 2 saturated carbocycles. The highest BCUT2D eigenvalue weighted by Gasteiger charge is 2.55. The van der Waals surface area contributed by atoms with Gasteiger partial charge in [0.15, 0.2) is 27.3 Å². The lowest BCUT2D eigenvalue weighted by Crippen LogP contribution is -2.50. The Hall–Kier alpha value is -2.14. The molecule has 11 heteroatoms. The smallest absolute Gasteiger partial charge is 0.255 e. The summed E-state index contributed by atoms with van der Waals surface area (Å²) in [4.78, 5) is 12.3. The van der Waals surface area contributed by atoms with Crippen LogP contribution in [0, 0.1) is 29.3 Å². The highest BCUT2D eigenvalue weighted by molar-refractivity contribution is 7.92. The number of hydrogen-bond acceptors (Lipinski definition) is 5. The van der Waals surface area contributed by atoms with Crippen molar-refractivity contribution < 1.29 is 36.6 Å². The van der Waals surface area contributed by atoms with Crippen molar-refractivity contribution in [1.82, 2.24) is 0 Å². The number of aliphatic hydroxyl groups is 2. The third kappa shape index (κ3) is 4.14. The number of hydrogen-bond donors (Lipinski definition) is 3. The summed E-state index contributed by atoms with van der Waals surface area (Å²) >= 11 is 6.15. The Morgan fingerprint density at radius 2 is 1.67 bits per heavy atom. The number of aliphatic hydroxyl groups excluding tert-OH is 1. The van der Waals surface area contributed by atoms with Gasteiger partial charge in [-0.05, 0) is 55.7 Å². The van der Waals surface area contributed by atoms with Gasteiger partial charge in [0.05, 0.1) is 27.4 Å². The molecule has 2 bridgehead atoms. The van der Waals surface area contributed by atoms with Gasteiger partial charge in [-0.2, -0.15) is 0 Å². The fourth-order valence-corrected chi connectivity index (χ4v) is 7.40. The lowest BCUT2D eigenvalue weighted by Gasteiger charge is -2.41. The van der Waals surface area contributed by atoms with Crippen molar-refractivity contribution in [1.29, 1.82) is 0 Å². The minimum Gasteiger partial charge on any atom is -0.393 e. The average Bonchev–Trinajstić information content (AvgIpc) is 2.93. The molecule has 3 N–H and O–H groups in total. The molecule has 4 rings (SSSR count). The van der Waals surface area contributed by atoms with Crippen molar-refractivity contribution >= 4 is 33.0 Å². The third-order valence-electron chi connectivity index (χ3n) is 6.81. The van der Waals surface area contributed by atoms with E-state index in [-0.39, 0.29) is 45.8 Å². The number of benzene rings is 2. The Labute approximate surface area is 193 Å². The van der Waals surface area contributed by atoms with Gasteiger partial charge in [0.1, 0.15) is 0 Å². The zero-order chi connectivity index (χ0) is 24.1. The Morgan fingerprint density at radius 3 is 2.21 bits per heavy atom. The van der Waals surface area contributed by atoms with E-state index in [1.807, 2.05) is 0 Å². The topological polar surface area (TPSA) is 104 Å². The first-order valence-electron chi connectivity index (χ1n) is 10.3. The zero-order valence-corrected chi connectivity index (χ0v) is 18.8. The second-order valence-corrected chi connectivity index (χ2v) is 11.2. The van der Waals surface area contributed by atoms with Crippen molar-refractivity contribution in [2.24, 2.45) is 11.8 Å². The van der Waals surface area contributed by atoms with Crippen LogP contribution in [0.5, 0.6) is 0 Å². The molecule has 2 aromatic rings. The summed E-state index contributed by atoms with van der Waals surface area (Å²) in [5.41, 5.74) is -1.77. The van der Waals surface area contributed by atoms with Gasteiger partial charge in [0.25, 0.3) is 5.91 Å². The molecule has 2 unspecified atom stereocenters. The zero-order valence-electron chi connectivity index (χ0n) is 17.2. The van der Waals surface area contributed by atoms with Crippen LogP contribution in [0.4, 0.5) is 18.9 Å². The van der Waals surface area contributed by atoms with Crippen LogP contribution in [0.25, 0.3) is 0 Å². The number of halogens is 4. The molecule has 0 radical (unpaired) electrons. The molecule has 178 valence electrons. The minimum atomic E-state index is -4.00. The monoisotopic (exact) mass is 503 g/mol. The van der Waals surface area contributed by atoms with E-state index in [1.54, 1.807) is 0 Å². The van der Waals surface area contributed by atoms with Crippen LogP contribution in [0.2, 0.25) is 5.02 Å². The summed E-state index contributed by atoms with van der Waals surface area (Å²) in [6, 6.07) is 4.77.